The van der Waals surface area contributed by atoms with E-state index in [0.717, 1.165) is 6.54 Å². The van der Waals surface area contributed by atoms with Gasteiger partial charge in [-0.05, 0) is 20.4 Å². The van der Waals surface area contributed by atoms with E-state index in [4.69, 9.17) is 0 Å². The Labute approximate surface area is 103 Å². The van der Waals surface area contributed by atoms with E-state index in [9.17, 15) is 9.59 Å². The average molecular weight is 241 g/mol. The zero-order valence-electron chi connectivity index (χ0n) is 11.0. The van der Waals surface area contributed by atoms with Crippen LogP contribution >= 0.6 is 0 Å². The summed E-state index contributed by atoms with van der Waals surface area (Å²) in [6.07, 6.45) is 0.356. The van der Waals surface area contributed by atoms with Crippen molar-refractivity contribution in [2.75, 3.05) is 26.2 Å². The number of likely N-dealkylation sites (N-methyl/N-ethyl adjacent to an activating group) is 1. The number of likely N-dealkylation sites (tertiary alicyclic amines) is 1. The molecule has 1 aliphatic heterocycles. The van der Waals surface area contributed by atoms with Gasteiger partial charge in [0.15, 0.2) is 0 Å². The van der Waals surface area contributed by atoms with E-state index in [1.165, 1.54) is 0 Å². The number of carbonyl (C=O) groups is 2. The number of carbonyl (C=O) groups excluding carboxylic acids is 2. The molecular weight excluding hydrogens is 218 g/mol. The number of hydrogen-bond donors (Lipinski definition) is 2. The highest BCUT2D eigenvalue weighted by molar-refractivity contribution is 5.89. The Balaban J connectivity index is 2.32. The van der Waals surface area contributed by atoms with Crippen LogP contribution in [0.3, 0.4) is 0 Å². The molecule has 2 amide bonds. The summed E-state index contributed by atoms with van der Waals surface area (Å²) in [6.45, 7) is 8.76. The fraction of sp³-hybridized carbons (Fsp3) is 0.833. The molecule has 0 aromatic rings. The average Bonchev–Trinajstić information content (AvgIpc) is 2.68. The second-order valence-corrected chi connectivity index (χ2v) is 4.54. The van der Waals surface area contributed by atoms with Crippen molar-refractivity contribution in [2.45, 2.75) is 33.2 Å². The maximum Gasteiger partial charge on any atom is 0.225 e. The van der Waals surface area contributed by atoms with Crippen LogP contribution in [0.15, 0.2) is 0 Å². The lowest BCUT2D eigenvalue weighted by atomic mass is 10.1. The lowest BCUT2D eigenvalue weighted by Gasteiger charge is -2.16. The van der Waals surface area contributed by atoms with E-state index in [1.54, 1.807) is 4.90 Å². The normalized spacial score (nSPS) is 21.7. The van der Waals surface area contributed by atoms with Gasteiger partial charge in [-0.25, -0.2) is 0 Å². The predicted octanol–water partition coefficient (Wildman–Crippen LogP) is -0.0310. The van der Waals surface area contributed by atoms with Crippen LogP contribution in [-0.2, 0) is 9.59 Å². The largest absolute Gasteiger partial charge is 0.354 e. The number of amides is 2. The fourth-order valence-electron chi connectivity index (χ4n) is 2.07. The Bertz CT molecular complexity index is 281. The van der Waals surface area contributed by atoms with E-state index in [0.29, 0.717) is 26.1 Å². The van der Waals surface area contributed by atoms with Crippen molar-refractivity contribution in [1.29, 1.82) is 0 Å². The summed E-state index contributed by atoms with van der Waals surface area (Å²) < 4.78 is 0. The van der Waals surface area contributed by atoms with Crippen LogP contribution in [0, 0.1) is 5.92 Å². The molecule has 5 heteroatoms. The molecule has 1 rings (SSSR count). The van der Waals surface area contributed by atoms with Crippen molar-refractivity contribution >= 4 is 11.8 Å². The summed E-state index contributed by atoms with van der Waals surface area (Å²) in [6, 6.07) is 0.267. The molecule has 1 fully saturated rings. The Morgan fingerprint density at radius 1 is 1.53 bits per heavy atom. The van der Waals surface area contributed by atoms with Crippen molar-refractivity contribution < 1.29 is 9.59 Å². The molecular formula is C12H23N3O2. The Hall–Kier alpha value is -1.10. The summed E-state index contributed by atoms with van der Waals surface area (Å²) in [5.74, 6) is -0.0808. The molecule has 17 heavy (non-hydrogen) atoms. The summed E-state index contributed by atoms with van der Waals surface area (Å²) in [5, 5.41) is 6.12. The molecule has 1 saturated heterocycles. The molecule has 0 spiro atoms. The number of nitrogens with one attached hydrogen (secondary N) is 2. The fourth-order valence-corrected chi connectivity index (χ4v) is 2.07. The zero-order chi connectivity index (χ0) is 12.8. The molecule has 1 heterocycles. The molecule has 2 atom stereocenters. The first kappa shape index (κ1) is 14.0. The Morgan fingerprint density at radius 2 is 2.24 bits per heavy atom. The van der Waals surface area contributed by atoms with Gasteiger partial charge in [0.25, 0.3) is 0 Å². The minimum absolute atomic E-state index is 0.000877. The molecule has 0 aromatic carbocycles. The van der Waals surface area contributed by atoms with Crippen LogP contribution in [0.5, 0.6) is 0 Å². The monoisotopic (exact) mass is 241 g/mol. The van der Waals surface area contributed by atoms with E-state index in [-0.39, 0.29) is 23.8 Å². The van der Waals surface area contributed by atoms with E-state index >= 15 is 0 Å². The van der Waals surface area contributed by atoms with Crippen molar-refractivity contribution in [3.05, 3.63) is 0 Å². The number of hydrogen-bond acceptors (Lipinski definition) is 3. The van der Waals surface area contributed by atoms with Gasteiger partial charge in [-0.3, -0.25) is 9.59 Å². The SMILES string of the molecule is CCN[C@H](C)CNC(=O)C1CC(=O)N(CC)C1. The second kappa shape index (κ2) is 6.59. The summed E-state index contributed by atoms with van der Waals surface area (Å²) in [7, 11) is 0. The van der Waals surface area contributed by atoms with Crippen LogP contribution in [0.25, 0.3) is 0 Å². The predicted molar refractivity (Wildman–Crippen MR) is 66.5 cm³/mol. The smallest absolute Gasteiger partial charge is 0.225 e. The second-order valence-electron chi connectivity index (χ2n) is 4.54. The molecule has 2 N–H and O–H groups in total. The first-order valence-electron chi connectivity index (χ1n) is 6.37. The van der Waals surface area contributed by atoms with Gasteiger partial charge >= 0.3 is 0 Å². The van der Waals surface area contributed by atoms with Gasteiger partial charge in [-0.15, -0.1) is 0 Å². The summed E-state index contributed by atoms with van der Waals surface area (Å²) in [5.41, 5.74) is 0. The topological polar surface area (TPSA) is 61.4 Å². The number of rotatable bonds is 6. The van der Waals surface area contributed by atoms with Gasteiger partial charge in [0.2, 0.25) is 11.8 Å². The van der Waals surface area contributed by atoms with Gasteiger partial charge in [-0.1, -0.05) is 6.92 Å². The lowest BCUT2D eigenvalue weighted by molar-refractivity contribution is -0.128. The minimum atomic E-state index is -0.170. The third-order valence-corrected chi connectivity index (χ3v) is 3.10. The van der Waals surface area contributed by atoms with Gasteiger partial charge in [0, 0.05) is 32.1 Å². The highest BCUT2D eigenvalue weighted by Gasteiger charge is 2.33. The van der Waals surface area contributed by atoms with Crippen LogP contribution in [-0.4, -0.2) is 48.9 Å². The molecule has 5 nitrogen and oxygen atoms in total. The maximum atomic E-state index is 11.8. The maximum absolute atomic E-state index is 11.8. The molecule has 0 radical (unpaired) electrons. The van der Waals surface area contributed by atoms with Crippen LogP contribution in [0.1, 0.15) is 27.2 Å². The zero-order valence-corrected chi connectivity index (χ0v) is 11.0. The molecule has 0 saturated carbocycles. The highest BCUT2D eigenvalue weighted by atomic mass is 16.2. The van der Waals surface area contributed by atoms with Crippen molar-refractivity contribution in [3.63, 3.8) is 0 Å². The standard InChI is InChI=1S/C12H23N3O2/c1-4-13-9(3)7-14-12(17)10-6-11(16)15(5-2)8-10/h9-10,13H,4-8H2,1-3H3,(H,14,17)/t9-,10?/m1/s1. The molecule has 1 aliphatic rings. The van der Waals surface area contributed by atoms with Crippen LogP contribution in [0.4, 0.5) is 0 Å². The highest BCUT2D eigenvalue weighted by Crippen LogP contribution is 2.17. The first-order chi connectivity index (χ1) is 8.08. The first-order valence-corrected chi connectivity index (χ1v) is 6.37. The Morgan fingerprint density at radius 3 is 2.76 bits per heavy atom. The van der Waals surface area contributed by atoms with E-state index in [1.807, 2.05) is 20.8 Å². The van der Waals surface area contributed by atoms with Crippen molar-refractivity contribution in [2.24, 2.45) is 5.92 Å². The van der Waals surface area contributed by atoms with Crippen molar-refractivity contribution in [1.82, 2.24) is 15.5 Å². The van der Waals surface area contributed by atoms with Gasteiger partial charge in [0.05, 0.1) is 5.92 Å². The van der Waals surface area contributed by atoms with E-state index < -0.39 is 0 Å². The molecule has 98 valence electrons. The molecule has 0 bridgehead atoms. The Kier molecular flexibility index (Phi) is 5.41. The van der Waals surface area contributed by atoms with E-state index in [2.05, 4.69) is 10.6 Å². The number of nitrogens with zero attached hydrogens (tertiary/aromatic N) is 1. The van der Waals surface area contributed by atoms with Gasteiger partial charge in [0.1, 0.15) is 0 Å². The lowest BCUT2D eigenvalue weighted by Crippen LogP contribution is -2.41. The van der Waals surface area contributed by atoms with Crippen molar-refractivity contribution in [3.8, 4) is 0 Å². The molecule has 0 aromatic heterocycles. The molecule has 1 unspecified atom stereocenters. The third-order valence-electron chi connectivity index (χ3n) is 3.10. The minimum Gasteiger partial charge on any atom is -0.354 e. The summed E-state index contributed by atoms with van der Waals surface area (Å²) in [4.78, 5) is 25.1. The van der Waals surface area contributed by atoms with Gasteiger partial charge < -0.3 is 15.5 Å². The summed E-state index contributed by atoms with van der Waals surface area (Å²) >= 11 is 0. The van der Waals surface area contributed by atoms with Crippen LogP contribution < -0.4 is 10.6 Å². The molecule has 0 aliphatic carbocycles. The quantitative estimate of drug-likeness (QED) is 0.686. The van der Waals surface area contributed by atoms with Gasteiger partial charge in [-0.2, -0.15) is 0 Å². The third kappa shape index (κ3) is 4.00. The van der Waals surface area contributed by atoms with Crippen LogP contribution in [0.2, 0.25) is 0 Å².